The molecule has 3 rings (SSSR count). The quantitative estimate of drug-likeness (QED) is 0.419. The van der Waals surface area contributed by atoms with Crippen LogP contribution in [0.1, 0.15) is 10.4 Å². The van der Waals surface area contributed by atoms with Gasteiger partial charge in [-0.2, -0.15) is 4.31 Å². The van der Waals surface area contributed by atoms with Crippen molar-refractivity contribution >= 4 is 50.2 Å². The monoisotopic (exact) mass is 546 g/mol. The lowest BCUT2D eigenvalue weighted by molar-refractivity contribution is -0.119. The summed E-state index contributed by atoms with van der Waals surface area (Å²) < 4.78 is 37.8. The molecule has 11 heteroatoms. The number of hydrogen-bond acceptors (Lipinski definition) is 7. The number of carbonyl (C=O) groups is 2. The summed E-state index contributed by atoms with van der Waals surface area (Å²) in [6.07, 6.45) is 0. The maximum Gasteiger partial charge on any atom is 0.342 e. The number of morpholine rings is 1. The maximum atomic E-state index is 12.7. The Morgan fingerprint density at radius 3 is 2.47 bits per heavy atom. The van der Waals surface area contributed by atoms with Gasteiger partial charge in [-0.15, -0.1) is 0 Å². The number of ether oxygens (including phenoxy) is 2. The van der Waals surface area contributed by atoms with Crippen LogP contribution in [0, 0.1) is 3.57 Å². The third kappa shape index (κ3) is 5.47. The lowest BCUT2D eigenvalue weighted by Crippen LogP contribution is -2.40. The number of aromatic hydroxyl groups is 1. The number of phenolic OH excluding ortho intramolecular Hbond substituents is 1. The van der Waals surface area contributed by atoms with E-state index in [0.717, 1.165) is 15.7 Å². The Kier molecular flexibility index (Phi) is 7.28. The normalized spacial score (nSPS) is 14.8. The lowest BCUT2D eigenvalue weighted by Gasteiger charge is -2.26. The van der Waals surface area contributed by atoms with Crippen molar-refractivity contribution in [3.63, 3.8) is 0 Å². The van der Waals surface area contributed by atoms with Crippen LogP contribution in [0.25, 0.3) is 0 Å². The van der Waals surface area contributed by atoms with Gasteiger partial charge in [0.1, 0.15) is 11.3 Å². The summed E-state index contributed by atoms with van der Waals surface area (Å²) in [7, 11) is -3.86. The van der Waals surface area contributed by atoms with E-state index in [1.165, 1.54) is 10.4 Å². The molecule has 0 atom stereocenters. The summed E-state index contributed by atoms with van der Waals surface area (Å²) in [5.41, 5.74) is 0.198. The van der Waals surface area contributed by atoms with Gasteiger partial charge < -0.3 is 19.9 Å². The molecule has 0 unspecified atom stereocenters. The summed E-state index contributed by atoms with van der Waals surface area (Å²) in [6, 6.07) is 10.4. The second kappa shape index (κ2) is 9.73. The Labute approximate surface area is 187 Å². The molecular formula is C19H19IN2O7S. The van der Waals surface area contributed by atoms with E-state index in [0.29, 0.717) is 5.69 Å². The fraction of sp³-hybridized carbons (Fsp3) is 0.263. The van der Waals surface area contributed by atoms with Crippen molar-refractivity contribution in [3.8, 4) is 5.75 Å². The maximum absolute atomic E-state index is 12.7. The molecule has 1 aliphatic heterocycles. The molecule has 0 aliphatic carbocycles. The number of anilines is 1. The van der Waals surface area contributed by atoms with Crippen LogP contribution < -0.4 is 5.32 Å². The number of nitrogens with one attached hydrogen (secondary N) is 1. The largest absolute Gasteiger partial charge is 0.507 e. The summed E-state index contributed by atoms with van der Waals surface area (Å²) in [4.78, 5) is 24.2. The zero-order valence-electron chi connectivity index (χ0n) is 15.7. The molecule has 1 saturated heterocycles. The standard InChI is InChI=1S/C19H19IN2O7S/c20-13-1-3-14(4-2-13)21-18(24)12-29-19(25)16-11-15(5-6-17(16)23)30(26,27)22-7-9-28-10-8-22/h1-6,11,23H,7-10,12H2,(H,21,24). The van der Waals surface area contributed by atoms with Gasteiger partial charge in [0.15, 0.2) is 6.61 Å². The van der Waals surface area contributed by atoms with E-state index in [4.69, 9.17) is 9.47 Å². The van der Waals surface area contributed by atoms with Gasteiger partial charge in [-0.1, -0.05) is 0 Å². The van der Waals surface area contributed by atoms with Gasteiger partial charge in [-0.05, 0) is 65.1 Å². The van der Waals surface area contributed by atoms with E-state index >= 15 is 0 Å². The van der Waals surface area contributed by atoms with Crippen molar-refractivity contribution in [2.24, 2.45) is 0 Å². The van der Waals surface area contributed by atoms with Crippen LogP contribution in [0.3, 0.4) is 0 Å². The first-order chi connectivity index (χ1) is 14.3. The van der Waals surface area contributed by atoms with E-state index < -0.39 is 34.3 Å². The van der Waals surface area contributed by atoms with Crippen LogP contribution in [-0.4, -0.2) is 62.6 Å². The highest BCUT2D eigenvalue weighted by Crippen LogP contribution is 2.25. The smallest absolute Gasteiger partial charge is 0.342 e. The van der Waals surface area contributed by atoms with Crippen LogP contribution in [0.5, 0.6) is 5.75 Å². The highest BCUT2D eigenvalue weighted by Gasteiger charge is 2.28. The van der Waals surface area contributed by atoms with Crippen molar-refractivity contribution in [2.75, 3.05) is 38.2 Å². The van der Waals surface area contributed by atoms with Crippen molar-refractivity contribution in [3.05, 3.63) is 51.6 Å². The number of amides is 1. The Morgan fingerprint density at radius 2 is 1.80 bits per heavy atom. The average Bonchev–Trinajstić information content (AvgIpc) is 2.74. The summed E-state index contributed by atoms with van der Waals surface area (Å²) in [6.45, 7) is 0.359. The number of halogens is 1. The molecule has 1 amide bonds. The molecule has 2 N–H and O–H groups in total. The molecule has 0 spiro atoms. The third-order valence-corrected chi connectivity index (χ3v) is 6.87. The van der Waals surface area contributed by atoms with Crippen LogP contribution in [0.2, 0.25) is 0 Å². The topological polar surface area (TPSA) is 122 Å². The summed E-state index contributed by atoms with van der Waals surface area (Å²) in [5, 5.41) is 12.6. The second-order valence-corrected chi connectivity index (χ2v) is 9.51. The molecule has 0 aromatic heterocycles. The highest BCUT2D eigenvalue weighted by molar-refractivity contribution is 14.1. The van der Waals surface area contributed by atoms with Gasteiger partial charge in [-0.3, -0.25) is 4.79 Å². The van der Waals surface area contributed by atoms with E-state index in [1.54, 1.807) is 24.3 Å². The summed E-state index contributed by atoms with van der Waals surface area (Å²) >= 11 is 2.13. The average molecular weight is 546 g/mol. The molecule has 1 fully saturated rings. The zero-order chi connectivity index (χ0) is 21.7. The summed E-state index contributed by atoms with van der Waals surface area (Å²) in [5.74, 6) is -2.02. The number of nitrogens with zero attached hydrogens (tertiary/aromatic N) is 1. The molecule has 9 nitrogen and oxygen atoms in total. The van der Waals surface area contributed by atoms with Gasteiger partial charge in [0.05, 0.1) is 18.1 Å². The highest BCUT2D eigenvalue weighted by atomic mass is 127. The van der Waals surface area contributed by atoms with Crippen LogP contribution in [0.4, 0.5) is 5.69 Å². The number of benzene rings is 2. The molecule has 1 heterocycles. The van der Waals surface area contributed by atoms with Crippen LogP contribution in [-0.2, 0) is 24.3 Å². The minimum absolute atomic E-state index is 0.155. The van der Waals surface area contributed by atoms with E-state index in [1.807, 2.05) is 0 Å². The Balaban J connectivity index is 1.67. The minimum Gasteiger partial charge on any atom is -0.507 e. The van der Waals surface area contributed by atoms with E-state index in [2.05, 4.69) is 27.9 Å². The van der Waals surface area contributed by atoms with Gasteiger partial charge in [0, 0.05) is 22.3 Å². The van der Waals surface area contributed by atoms with Crippen molar-refractivity contribution in [1.82, 2.24) is 4.31 Å². The minimum atomic E-state index is -3.86. The van der Waals surface area contributed by atoms with Gasteiger partial charge in [0.2, 0.25) is 10.0 Å². The first-order valence-electron chi connectivity index (χ1n) is 8.91. The number of carbonyl (C=O) groups excluding carboxylic acids is 2. The SMILES string of the molecule is O=C(COC(=O)c1cc(S(=O)(=O)N2CCOCC2)ccc1O)Nc1ccc(I)cc1. The van der Waals surface area contributed by atoms with Gasteiger partial charge in [0.25, 0.3) is 5.91 Å². The number of sulfonamides is 1. The number of esters is 1. The molecule has 2 aromatic rings. The van der Waals surface area contributed by atoms with Crippen LogP contribution >= 0.6 is 22.6 Å². The molecule has 1 aliphatic rings. The Hall–Kier alpha value is -2.22. The van der Waals surface area contributed by atoms with Crippen molar-refractivity contribution < 1.29 is 32.6 Å². The van der Waals surface area contributed by atoms with Crippen LogP contribution in [0.15, 0.2) is 47.4 Å². The number of hydrogen-bond donors (Lipinski definition) is 2. The molecule has 0 bridgehead atoms. The molecule has 2 aromatic carbocycles. The first kappa shape index (κ1) is 22.5. The van der Waals surface area contributed by atoms with Gasteiger partial charge in [-0.25, -0.2) is 13.2 Å². The second-order valence-electron chi connectivity index (χ2n) is 6.33. The van der Waals surface area contributed by atoms with E-state index in [9.17, 15) is 23.1 Å². The molecular weight excluding hydrogens is 527 g/mol. The first-order valence-corrected chi connectivity index (χ1v) is 11.4. The van der Waals surface area contributed by atoms with E-state index in [-0.39, 0.29) is 36.8 Å². The number of rotatable bonds is 6. The van der Waals surface area contributed by atoms with Gasteiger partial charge >= 0.3 is 5.97 Å². The predicted molar refractivity (Wildman–Crippen MR) is 116 cm³/mol. The molecule has 0 radical (unpaired) electrons. The fourth-order valence-electron chi connectivity index (χ4n) is 2.71. The molecule has 0 saturated carbocycles. The fourth-order valence-corrected chi connectivity index (χ4v) is 4.51. The Morgan fingerprint density at radius 1 is 1.13 bits per heavy atom. The lowest BCUT2D eigenvalue weighted by atomic mass is 10.2. The molecule has 160 valence electrons. The zero-order valence-corrected chi connectivity index (χ0v) is 18.7. The predicted octanol–water partition coefficient (Wildman–Crippen LogP) is 1.81. The van der Waals surface area contributed by atoms with Crippen molar-refractivity contribution in [1.29, 1.82) is 0 Å². The Bertz CT molecular complexity index is 1040. The third-order valence-electron chi connectivity index (χ3n) is 4.26. The molecule has 30 heavy (non-hydrogen) atoms. The number of phenols is 1. The van der Waals surface area contributed by atoms with Crippen molar-refractivity contribution in [2.45, 2.75) is 4.90 Å².